The average molecular weight is 253 g/mol. The van der Waals surface area contributed by atoms with Crippen LogP contribution in [0.2, 0.25) is 0 Å². The van der Waals surface area contributed by atoms with E-state index in [1.165, 1.54) is 37.0 Å². The fourth-order valence-corrected chi connectivity index (χ4v) is 3.14. The van der Waals surface area contributed by atoms with Gasteiger partial charge in [0.05, 0.1) is 0 Å². The molecule has 0 amide bonds. The van der Waals surface area contributed by atoms with E-state index in [-0.39, 0.29) is 0 Å². The molecule has 1 aromatic heterocycles. The zero-order valence-electron chi connectivity index (χ0n) is 11.5. The Morgan fingerprint density at radius 3 is 2.71 bits per heavy atom. The quantitative estimate of drug-likeness (QED) is 0.684. The van der Waals surface area contributed by atoms with Crippen LogP contribution in [0, 0.1) is 5.92 Å². The molecule has 0 fully saturated rings. The lowest BCUT2D eigenvalue weighted by Gasteiger charge is -2.21. The normalized spacial score (nSPS) is 14.8. The maximum atomic E-state index is 3.70. The minimum Gasteiger partial charge on any atom is -0.314 e. The molecule has 0 saturated carbocycles. The third-order valence-corrected chi connectivity index (χ3v) is 4.08. The van der Waals surface area contributed by atoms with Gasteiger partial charge in [-0.2, -0.15) is 0 Å². The van der Waals surface area contributed by atoms with Crippen molar-refractivity contribution in [3.63, 3.8) is 0 Å². The van der Waals surface area contributed by atoms with Crippen molar-refractivity contribution < 1.29 is 0 Å². The number of hydrogen-bond acceptors (Lipinski definition) is 2. The summed E-state index contributed by atoms with van der Waals surface area (Å²) in [5.41, 5.74) is 0. The van der Waals surface area contributed by atoms with Crippen molar-refractivity contribution >= 4 is 11.3 Å². The van der Waals surface area contributed by atoms with E-state index in [0.717, 1.165) is 12.5 Å². The van der Waals surface area contributed by atoms with Gasteiger partial charge in [0.25, 0.3) is 0 Å². The van der Waals surface area contributed by atoms with Gasteiger partial charge >= 0.3 is 0 Å². The van der Waals surface area contributed by atoms with Crippen LogP contribution in [0.5, 0.6) is 0 Å². The van der Waals surface area contributed by atoms with Crippen molar-refractivity contribution in [3.05, 3.63) is 22.4 Å². The number of nitrogens with one attached hydrogen (secondary N) is 1. The van der Waals surface area contributed by atoms with Crippen LogP contribution in [-0.2, 0) is 6.42 Å². The summed E-state index contributed by atoms with van der Waals surface area (Å²) in [5.74, 6) is 0.842. The van der Waals surface area contributed by atoms with Crippen LogP contribution in [-0.4, -0.2) is 12.6 Å². The third-order valence-electron chi connectivity index (χ3n) is 3.18. The standard InChI is InChI=1S/C15H27NS/c1-4-7-13(3)11-14(16-9-5-2)12-15-8-6-10-17-15/h6,8,10,13-14,16H,4-5,7,9,11-12H2,1-3H3. The molecule has 0 spiro atoms. The van der Waals surface area contributed by atoms with E-state index in [1.54, 1.807) is 0 Å². The van der Waals surface area contributed by atoms with Crippen molar-refractivity contribution in [2.24, 2.45) is 5.92 Å². The van der Waals surface area contributed by atoms with Crippen molar-refractivity contribution in [3.8, 4) is 0 Å². The zero-order valence-corrected chi connectivity index (χ0v) is 12.4. The molecule has 0 bridgehead atoms. The molecule has 0 radical (unpaired) electrons. The third kappa shape index (κ3) is 6.23. The molecule has 1 N–H and O–H groups in total. The minimum absolute atomic E-state index is 0.662. The van der Waals surface area contributed by atoms with Crippen LogP contribution >= 0.6 is 11.3 Å². The van der Waals surface area contributed by atoms with Crippen LogP contribution in [0.15, 0.2) is 17.5 Å². The first-order valence-electron chi connectivity index (χ1n) is 7.02. The molecule has 0 aliphatic heterocycles. The van der Waals surface area contributed by atoms with Gasteiger partial charge < -0.3 is 5.32 Å². The Labute approximate surface area is 111 Å². The lowest BCUT2D eigenvalue weighted by atomic mass is 9.95. The minimum atomic E-state index is 0.662. The molecule has 2 atom stereocenters. The second kappa shape index (κ2) is 8.71. The first-order chi connectivity index (χ1) is 8.26. The second-order valence-electron chi connectivity index (χ2n) is 5.06. The van der Waals surface area contributed by atoms with Crippen molar-refractivity contribution in [2.45, 2.75) is 58.9 Å². The predicted octanol–water partition coefficient (Wildman–Crippen LogP) is 4.49. The van der Waals surface area contributed by atoms with Crippen molar-refractivity contribution in [1.82, 2.24) is 5.32 Å². The van der Waals surface area contributed by atoms with Crippen LogP contribution in [0.1, 0.15) is 51.3 Å². The van der Waals surface area contributed by atoms with Gasteiger partial charge in [-0.15, -0.1) is 11.3 Å². The van der Waals surface area contributed by atoms with Gasteiger partial charge in [0.15, 0.2) is 0 Å². The molecule has 0 aliphatic rings. The summed E-state index contributed by atoms with van der Waals surface area (Å²) in [5, 5.41) is 5.89. The Balaban J connectivity index is 2.42. The highest BCUT2D eigenvalue weighted by Gasteiger charge is 2.13. The number of hydrogen-bond donors (Lipinski definition) is 1. The summed E-state index contributed by atoms with van der Waals surface area (Å²) in [6, 6.07) is 5.08. The fourth-order valence-electron chi connectivity index (χ4n) is 2.36. The maximum Gasteiger partial charge on any atom is 0.0118 e. The Kier molecular flexibility index (Phi) is 7.54. The first-order valence-corrected chi connectivity index (χ1v) is 7.90. The Bertz CT molecular complexity index is 268. The highest BCUT2D eigenvalue weighted by atomic mass is 32.1. The Morgan fingerprint density at radius 2 is 2.12 bits per heavy atom. The molecular weight excluding hydrogens is 226 g/mol. The first kappa shape index (κ1) is 14.7. The van der Waals surface area contributed by atoms with Crippen molar-refractivity contribution in [1.29, 1.82) is 0 Å². The van der Waals surface area contributed by atoms with Gasteiger partial charge in [0.2, 0.25) is 0 Å². The predicted molar refractivity (Wildman–Crippen MR) is 78.8 cm³/mol. The fraction of sp³-hybridized carbons (Fsp3) is 0.733. The van der Waals surface area contributed by atoms with Gasteiger partial charge in [-0.1, -0.05) is 39.7 Å². The lowest BCUT2D eigenvalue weighted by molar-refractivity contribution is 0.382. The van der Waals surface area contributed by atoms with E-state index >= 15 is 0 Å². The summed E-state index contributed by atoms with van der Waals surface area (Å²) in [7, 11) is 0. The molecule has 0 aliphatic carbocycles. The monoisotopic (exact) mass is 253 g/mol. The molecular formula is C15H27NS. The van der Waals surface area contributed by atoms with Gasteiger partial charge in [0, 0.05) is 10.9 Å². The van der Waals surface area contributed by atoms with Gasteiger partial charge in [0.1, 0.15) is 0 Å². The molecule has 98 valence electrons. The van der Waals surface area contributed by atoms with Gasteiger partial charge in [-0.25, -0.2) is 0 Å². The number of thiophene rings is 1. The van der Waals surface area contributed by atoms with E-state index in [2.05, 4.69) is 43.6 Å². The molecule has 1 nitrogen and oxygen atoms in total. The molecule has 1 rings (SSSR count). The highest BCUT2D eigenvalue weighted by molar-refractivity contribution is 7.09. The maximum absolute atomic E-state index is 3.70. The van der Waals surface area contributed by atoms with E-state index in [1.807, 2.05) is 11.3 Å². The van der Waals surface area contributed by atoms with E-state index < -0.39 is 0 Å². The second-order valence-corrected chi connectivity index (χ2v) is 6.10. The van der Waals surface area contributed by atoms with Crippen LogP contribution in [0.3, 0.4) is 0 Å². The molecule has 1 heterocycles. The SMILES string of the molecule is CCCNC(Cc1cccs1)CC(C)CCC. The smallest absolute Gasteiger partial charge is 0.0118 e. The van der Waals surface area contributed by atoms with Crippen LogP contribution < -0.4 is 5.32 Å². The summed E-state index contributed by atoms with van der Waals surface area (Å²) in [4.78, 5) is 1.52. The molecule has 1 aromatic rings. The zero-order chi connectivity index (χ0) is 12.5. The van der Waals surface area contributed by atoms with E-state index in [0.29, 0.717) is 6.04 Å². The van der Waals surface area contributed by atoms with Crippen LogP contribution in [0.25, 0.3) is 0 Å². The Hall–Kier alpha value is -0.340. The topological polar surface area (TPSA) is 12.0 Å². The highest BCUT2D eigenvalue weighted by Crippen LogP contribution is 2.18. The largest absolute Gasteiger partial charge is 0.314 e. The Morgan fingerprint density at radius 1 is 1.29 bits per heavy atom. The molecule has 2 unspecified atom stereocenters. The lowest BCUT2D eigenvalue weighted by Crippen LogP contribution is -2.33. The van der Waals surface area contributed by atoms with Gasteiger partial charge in [-0.05, 0) is 43.2 Å². The summed E-state index contributed by atoms with van der Waals surface area (Å²) < 4.78 is 0. The summed E-state index contributed by atoms with van der Waals surface area (Å²) in [6.45, 7) is 8.06. The molecule has 2 heteroatoms. The molecule has 0 saturated heterocycles. The summed E-state index contributed by atoms with van der Waals surface area (Å²) in [6.07, 6.45) is 6.40. The molecule has 0 aromatic carbocycles. The molecule has 17 heavy (non-hydrogen) atoms. The van der Waals surface area contributed by atoms with Crippen molar-refractivity contribution in [2.75, 3.05) is 6.54 Å². The summed E-state index contributed by atoms with van der Waals surface area (Å²) >= 11 is 1.89. The van der Waals surface area contributed by atoms with E-state index in [9.17, 15) is 0 Å². The van der Waals surface area contributed by atoms with Gasteiger partial charge in [-0.3, -0.25) is 0 Å². The average Bonchev–Trinajstić information content (AvgIpc) is 2.79. The van der Waals surface area contributed by atoms with E-state index in [4.69, 9.17) is 0 Å². The van der Waals surface area contributed by atoms with Crippen LogP contribution in [0.4, 0.5) is 0 Å². The number of rotatable bonds is 9.